The third-order valence-electron chi connectivity index (χ3n) is 4.14. The number of halogens is 1. The Morgan fingerprint density at radius 1 is 1.33 bits per heavy atom. The number of alkyl halides is 1. The van der Waals surface area contributed by atoms with Crippen LogP contribution in [0, 0.1) is 5.92 Å². The van der Waals surface area contributed by atoms with Crippen molar-refractivity contribution in [3.8, 4) is 0 Å². The molecule has 2 aliphatic rings. The molecule has 1 saturated heterocycles. The molecule has 1 aromatic rings. The summed E-state index contributed by atoms with van der Waals surface area (Å²) in [5.41, 5.74) is 2.73. The number of allylic oxidation sites excluding steroid dienone is 2. The maximum absolute atomic E-state index is 5.54. The Bertz CT molecular complexity index is 471. The maximum atomic E-state index is 5.54. The third-order valence-corrected chi connectivity index (χ3v) is 5.33. The van der Waals surface area contributed by atoms with Crippen LogP contribution in [-0.2, 0) is 4.74 Å². The lowest BCUT2D eigenvalue weighted by Crippen LogP contribution is -2.27. The molecule has 1 heterocycles. The summed E-state index contributed by atoms with van der Waals surface area (Å²) in [5.74, 6) is 1.83. The number of nitrogens with zero attached hydrogens (tertiary/aromatic N) is 1. The van der Waals surface area contributed by atoms with E-state index in [2.05, 4.69) is 58.1 Å². The highest BCUT2D eigenvalue weighted by Gasteiger charge is 2.45. The highest BCUT2D eigenvalue weighted by Crippen LogP contribution is 2.48. The van der Waals surface area contributed by atoms with E-state index in [-0.39, 0.29) is 0 Å². The first-order chi connectivity index (χ1) is 8.72. The molecule has 0 N–H and O–H groups in total. The molecular weight excluding hydrogens is 290 g/mol. The molecule has 0 spiro atoms. The van der Waals surface area contributed by atoms with Gasteiger partial charge < -0.3 is 9.64 Å². The van der Waals surface area contributed by atoms with Crippen LogP contribution in [0.1, 0.15) is 24.9 Å². The van der Waals surface area contributed by atoms with Crippen molar-refractivity contribution in [2.24, 2.45) is 5.92 Å². The van der Waals surface area contributed by atoms with E-state index in [1.807, 2.05) is 0 Å². The van der Waals surface area contributed by atoms with Gasteiger partial charge in [0.2, 0.25) is 0 Å². The summed E-state index contributed by atoms with van der Waals surface area (Å²) in [6, 6.07) is 11.1. The van der Waals surface area contributed by atoms with Gasteiger partial charge in [-0.25, -0.2) is 0 Å². The molecule has 0 unspecified atom stereocenters. The first kappa shape index (κ1) is 12.1. The molecule has 1 fully saturated rings. The normalized spacial score (nSPS) is 27.8. The predicted octanol–water partition coefficient (Wildman–Crippen LogP) is 3.70. The Morgan fingerprint density at radius 2 is 2.06 bits per heavy atom. The fraction of sp³-hybridized carbons (Fsp3) is 0.467. The molecule has 0 radical (unpaired) electrons. The summed E-state index contributed by atoms with van der Waals surface area (Å²) in [4.78, 5) is 2.96. The number of fused-ring (bicyclic) bond motifs is 2. The van der Waals surface area contributed by atoms with E-state index in [4.69, 9.17) is 4.74 Å². The third kappa shape index (κ3) is 1.76. The molecule has 0 saturated carbocycles. The van der Waals surface area contributed by atoms with Gasteiger partial charge in [-0.2, -0.15) is 0 Å². The van der Waals surface area contributed by atoms with Crippen LogP contribution in [0.2, 0.25) is 0 Å². The van der Waals surface area contributed by atoms with Crippen molar-refractivity contribution >= 4 is 15.9 Å². The molecule has 18 heavy (non-hydrogen) atoms. The Labute approximate surface area is 117 Å². The topological polar surface area (TPSA) is 12.5 Å². The summed E-state index contributed by atoms with van der Waals surface area (Å²) >= 11 is 3.81. The standard InChI is InChI=1S/C15H18BrNO/c1-10(11-6-4-3-5-7-11)17-9-12-8-13(18-2)15(17)14(12)16/h3-7,10,12,14H,8-9H2,1-2H3/t10-,12+,14+/m0/s1. The summed E-state index contributed by atoms with van der Waals surface area (Å²) in [5, 5.41) is 0. The molecule has 1 aromatic carbocycles. The van der Waals surface area contributed by atoms with E-state index in [0.29, 0.717) is 16.8 Å². The quantitative estimate of drug-likeness (QED) is 0.789. The molecule has 3 heteroatoms. The summed E-state index contributed by atoms with van der Waals surface area (Å²) in [7, 11) is 1.79. The lowest BCUT2D eigenvalue weighted by Gasteiger charge is -2.32. The average Bonchev–Trinajstić information content (AvgIpc) is 2.91. The van der Waals surface area contributed by atoms with E-state index in [1.165, 1.54) is 11.3 Å². The molecule has 0 amide bonds. The zero-order valence-electron chi connectivity index (χ0n) is 10.8. The summed E-state index contributed by atoms with van der Waals surface area (Å²) < 4.78 is 5.54. The molecule has 2 bridgehead atoms. The number of benzene rings is 1. The molecule has 96 valence electrons. The predicted molar refractivity (Wildman–Crippen MR) is 76.4 cm³/mol. The number of methoxy groups -OCH3 is 1. The van der Waals surface area contributed by atoms with E-state index in [1.54, 1.807) is 7.11 Å². The Morgan fingerprint density at radius 3 is 2.67 bits per heavy atom. The van der Waals surface area contributed by atoms with Crippen LogP contribution in [0.15, 0.2) is 41.8 Å². The molecule has 3 atom stereocenters. The van der Waals surface area contributed by atoms with Crippen molar-refractivity contribution in [1.29, 1.82) is 0 Å². The van der Waals surface area contributed by atoms with Crippen molar-refractivity contribution in [1.82, 2.24) is 4.90 Å². The first-order valence-corrected chi connectivity index (χ1v) is 7.36. The van der Waals surface area contributed by atoms with Crippen LogP contribution >= 0.6 is 15.9 Å². The van der Waals surface area contributed by atoms with Gasteiger partial charge in [0.1, 0.15) is 5.76 Å². The van der Waals surface area contributed by atoms with Gasteiger partial charge in [-0.05, 0) is 12.5 Å². The zero-order chi connectivity index (χ0) is 12.7. The van der Waals surface area contributed by atoms with E-state index in [9.17, 15) is 0 Å². The zero-order valence-corrected chi connectivity index (χ0v) is 12.4. The summed E-state index contributed by atoms with van der Waals surface area (Å²) in [6.45, 7) is 3.41. The summed E-state index contributed by atoms with van der Waals surface area (Å²) in [6.07, 6.45) is 1.08. The Kier molecular flexibility index (Phi) is 3.10. The minimum Gasteiger partial charge on any atom is -0.499 e. The Hall–Kier alpha value is -0.960. The van der Waals surface area contributed by atoms with Gasteiger partial charge in [-0.3, -0.25) is 0 Å². The Balaban J connectivity index is 1.90. The minimum absolute atomic E-state index is 0.414. The monoisotopic (exact) mass is 307 g/mol. The SMILES string of the molecule is COC1=C2[C@H](Br)[C@H](C1)CN2[C@@H](C)c1ccccc1. The maximum Gasteiger partial charge on any atom is 0.116 e. The minimum atomic E-state index is 0.414. The number of likely N-dealkylation sites (tertiary alicyclic amines) is 1. The smallest absolute Gasteiger partial charge is 0.116 e. The van der Waals surface area contributed by atoms with Gasteiger partial charge >= 0.3 is 0 Å². The van der Waals surface area contributed by atoms with Crippen molar-refractivity contribution in [2.75, 3.05) is 13.7 Å². The fourth-order valence-corrected chi connectivity index (χ4v) is 3.99. The van der Waals surface area contributed by atoms with Crippen LogP contribution in [0.25, 0.3) is 0 Å². The lowest BCUT2D eigenvalue weighted by atomic mass is 10.0. The van der Waals surface area contributed by atoms with Crippen molar-refractivity contribution in [3.63, 3.8) is 0 Å². The van der Waals surface area contributed by atoms with Gasteiger partial charge in [0.15, 0.2) is 0 Å². The van der Waals surface area contributed by atoms with E-state index < -0.39 is 0 Å². The highest BCUT2D eigenvalue weighted by molar-refractivity contribution is 9.09. The molecule has 3 rings (SSSR count). The van der Waals surface area contributed by atoms with Crippen LogP contribution in [0.5, 0.6) is 0 Å². The van der Waals surface area contributed by atoms with Gasteiger partial charge in [0.05, 0.1) is 23.7 Å². The fourth-order valence-electron chi connectivity index (χ4n) is 3.12. The van der Waals surface area contributed by atoms with Gasteiger partial charge in [-0.1, -0.05) is 46.3 Å². The average molecular weight is 308 g/mol. The highest BCUT2D eigenvalue weighted by atomic mass is 79.9. The van der Waals surface area contributed by atoms with Gasteiger partial charge in [-0.15, -0.1) is 0 Å². The van der Waals surface area contributed by atoms with E-state index in [0.717, 1.165) is 18.7 Å². The van der Waals surface area contributed by atoms with Crippen molar-refractivity contribution in [2.45, 2.75) is 24.2 Å². The number of hydrogen-bond acceptors (Lipinski definition) is 2. The first-order valence-electron chi connectivity index (χ1n) is 6.45. The van der Waals surface area contributed by atoms with E-state index >= 15 is 0 Å². The lowest BCUT2D eigenvalue weighted by molar-refractivity contribution is 0.204. The number of rotatable bonds is 3. The second-order valence-electron chi connectivity index (χ2n) is 5.12. The molecule has 0 aromatic heterocycles. The van der Waals surface area contributed by atoms with Crippen molar-refractivity contribution in [3.05, 3.63) is 47.4 Å². The number of ether oxygens (including phenoxy) is 1. The van der Waals surface area contributed by atoms with Gasteiger partial charge in [0, 0.05) is 18.9 Å². The van der Waals surface area contributed by atoms with Crippen LogP contribution < -0.4 is 0 Å². The largest absolute Gasteiger partial charge is 0.499 e. The molecule has 2 nitrogen and oxygen atoms in total. The second-order valence-corrected chi connectivity index (χ2v) is 6.10. The number of hydrogen-bond donors (Lipinski definition) is 0. The van der Waals surface area contributed by atoms with Crippen LogP contribution in [-0.4, -0.2) is 23.4 Å². The molecular formula is C15H18BrNO. The van der Waals surface area contributed by atoms with Crippen LogP contribution in [0.3, 0.4) is 0 Å². The molecule has 1 aliphatic heterocycles. The van der Waals surface area contributed by atoms with Crippen molar-refractivity contribution < 1.29 is 4.74 Å². The van der Waals surface area contributed by atoms with Gasteiger partial charge in [0.25, 0.3) is 0 Å². The van der Waals surface area contributed by atoms with Crippen LogP contribution in [0.4, 0.5) is 0 Å². The second kappa shape index (κ2) is 4.61. The molecule has 1 aliphatic carbocycles.